The molecule has 0 saturated heterocycles. The van der Waals surface area contributed by atoms with Gasteiger partial charge in [0.1, 0.15) is 13.0 Å². The third-order valence-electron chi connectivity index (χ3n) is 0.751. The molecule has 0 spiro atoms. The fraction of sp³-hybridized carbons (Fsp3) is 0. The molecule has 0 bridgehead atoms. The third kappa shape index (κ3) is 1.24. The number of aromatic nitrogens is 1. The number of pyridine rings is 1. The molecule has 0 saturated carbocycles. The van der Waals surface area contributed by atoms with E-state index in [0.29, 0.717) is 10.6 Å². The summed E-state index contributed by atoms with van der Waals surface area (Å²) >= 11 is 5.45. The topological polar surface area (TPSA) is 12.9 Å². The van der Waals surface area contributed by atoms with Crippen LogP contribution in [0.2, 0.25) is 5.15 Å². The summed E-state index contributed by atoms with van der Waals surface area (Å²) in [5, 5.41) is 0.435. The molecule has 0 atom stereocenters. The second-order valence-corrected chi connectivity index (χ2v) is 1.80. The maximum Gasteiger partial charge on any atom is 0.128 e. The lowest BCUT2D eigenvalue weighted by atomic mass is 9.99. The molecule has 0 amide bonds. The van der Waals surface area contributed by atoms with Crippen LogP contribution in [0.4, 0.5) is 0 Å². The van der Waals surface area contributed by atoms with Crippen molar-refractivity contribution in [1.29, 1.82) is 0 Å². The number of hydrogen-bond donors (Lipinski definition) is 0. The summed E-state index contributed by atoms with van der Waals surface area (Å²) < 4.78 is 0. The summed E-state index contributed by atoms with van der Waals surface area (Å²) in [5.41, 5.74) is 0.644. The first-order chi connectivity index (χ1) is 3.79. The van der Waals surface area contributed by atoms with Gasteiger partial charge in [0.05, 0.1) is 0 Å². The van der Waals surface area contributed by atoms with Crippen molar-refractivity contribution in [1.82, 2.24) is 4.98 Å². The van der Waals surface area contributed by atoms with Crippen LogP contribution in [0.15, 0.2) is 18.3 Å². The molecule has 1 nitrogen and oxygen atoms in total. The van der Waals surface area contributed by atoms with Crippen LogP contribution in [0.1, 0.15) is 0 Å². The minimum Gasteiger partial charge on any atom is -0.245 e. The predicted molar refractivity (Wildman–Crippen MR) is 34.6 cm³/mol. The Kier molecular flexibility index (Phi) is 1.54. The van der Waals surface area contributed by atoms with Gasteiger partial charge >= 0.3 is 0 Å². The first-order valence-corrected chi connectivity index (χ1v) is 2.54. The monoisotopic (exact) mass is 123 g/mol. The highest BCUT2D eigenvalue weighted by molar-refractivity contribution is 6.35. The van der Waals surface area contributed by atoms with Crippen LogP contribution in [0.25, 0.3) is 0 Å². The molecule has 0 aliphatic rings. The Balaban J connectivity index is 3.08. The van der Waals surface area contributed by atoms with E-state index in [1.165, 1.54) is 0 Å². The quantitative estimate of drug-likeness (QED) is 0.362. The zero-order valence-electron chi connectivity index (χ0n) is 4.13. The standard InChI is InChI=1S/C5H3BClN/c6-4-1-2-8-5(7)3-4/h1-3H. The third-order valence-corrected chi connectivity index (χ3v) is 0.957. The molecular weight excluding hydrogens is 120 g/mol. The molecule has 1 rings (SSSR count). The molecule has 1 aromatic heterocycles. The molecule has 0 N–H and O–H groups in total. The lowest BCUT2D eigenvalue weighted by Gasteiger charge is -1.88. The first-order valence-electron chi connectivity index (χ1n) is 2.16. The number of nitrogens with zero attached hydrogens (tertiary/aromatic N) is 1. The second-order valence-electron chi connectivity index (χ2n) is 1.41. The lowest BCUT2D eigenvalue weighted by molar-refractivity contribution is 1.34. The van der Waals surface area contributed by atoms with Crippen LogP contribution < -0.4 is 5.46 Å². The van der Waals surface area contributed by atoms with E-state index in [4.69, 9.17) is 19.4 Å². The van der Waals surface area contributed by atoms with Crippen LogP contribution >= 0.6 is 11.6 Å². The highest BCUT2D eigenvalue weighted by Gasteiger charge is 1.84. The van der Waals surface area contributed by atoms with Gasteiger partial charge in [0.2, 0.25) is 0 Å². The zero-order valence-corrected chi connectivity index (χ0v) is 4.89. The zero-order chi connectivity index (χ0) is 5.98. The van der Waals surface area contributed by atoms with E-state index in [0.717, 1.165) is 0 Å². The molecule has 0 aliphatic heterocycles. The van der Waals surface area contributed by atoms with Gasteiger partial charge in [0.15, 0.2) is 0 Å². The van der Waals surface area contributed by atoms with Crippen molar-refractivity contribution in [3.8, 4) is 0 Å². The lowest BCUT2D eigenvalue weighted by Crippen LogP contribution is -2.00. The minimum atomic E-state index is 0.435. The van der Waals surface area contributed by atoms with Gasteiger partial charge < -0.3 is 0 Å². The second kappa shape index (κ2) is 2.18. The molecular formula is C5H3BClN. The van der Waals surface area contributed by atoms with Gasteiger partial charge in [-0.15, -0.1) is 0 Å². The van der Waals surface area contributed by atoms with Gasteiger partial charge in [-0.2, -0.15) is 0 Å². The van der Waals surface area contributed by atoms with Crippen molar-refractivity contribution in [3.63, 3.8) is 0 Å². The maximum atomic E-state index is 5.45. The molecule has 0 unspecified atom stereocenters. The fourth-order valence-corrected chi connectivity index (χ4v) is 0.600. The fourth-order valence-electron chi connectivity index (χ4n) is 0.417. The maximum absolute atomic E-state index is 5.45. The van der Waals surface area contributed by atoms with Crippen LogP contribution in [-0.4, -0.2) is 12.8 Å². The van der Waals surface area contributed by atoms with Crippen molar-refractivity contribution in [2.24, 2.45) is 0 Å². The van der Waals surface area contributed by atoms with E-state index in [2.05, 4.69) is 4.98 Å². The normalized spacial score (nSPS) is 9.12. The van der Waals surface area contributed by atoms with Crippen molar-refractivity contribution in [2.45, 2.75) is 0 Å². The summed E-state index contributed by atoms with van der Waals surface area (Å²) in [6, 6.07) is 3.29. The molecule has 0 aliphatic carbocycles. The van der Waals surface area contributed by atoms with Crippen molar-refractivity contribution < 1.29 is 0 Å². The van der Waals surface area contributed by atoms with Crippen molar-refractivity contribution in [2.75, 3.05) is 0 Å². The van der Waals surface area contributed by atoms with Gasteiger partial charge in [-0.3, -0.25) is 0 Å². The first kappa shape index (κ1) is 5.64. The van der Waals surface area contributed by atoms with Gasteiger partial charge in [0.25, 0.3) is 0 Å². The average molecular weight is 123 g/mol. The van der Waals surface area contributed by atoms with E-state index in [-0.39, 0.29) is 0 Å². The van der Waals surface area contributed by atoms with E-state index in [1.807, 2.05) is 0 Å². The predicted octanol–water partition coefficient (Wildman–Crippen LogP) is 0.529. The Hall–Kier alpha value is -0.495. The number of rotatable bonds is 0. The molecule has 2 radical (unpaired) electrons. The summed E-state index contributed by atoms with van der Waals surface area (Å²) in [6.45, 7) is 0. The largest absolute Gasteiger partial charge is 0.245 e. The van der Waals surface area contributed by atoms with Gasteiger partial charge in [-0.1, -0.05) is 23.1 Å². The molecule has 8 heavy (non-hydrogen) atoms. The molecule has 38 valence electrons. The van der Waals surface area contributed by atoms with E-state index in [9.17, 15) is 0 Å². The summed E-state index contributed by atoms with van der Waals surface area (Å²) in [4.78, 5) is 3.73. The van der Waals surface area contributed by atoms with E-state index in [1.54, 1.807) is 18.3 Å². The number of halogens is 1. The Morgan fingerprint density at radius 2 is 2.38 bits per heavy atom. The molecule has 0 aromatic carbocycles. The SMILES string of the molecule is [B]c1ccnc(Cl)c1. The van der Waals surface area contributed by atoms with Crippen LogP contribution in [0, 0.1) is 0 Å². The van der Waals surface area contributed by atoms with E-state index >= 15 is 0 Å². The van der Waals surface area contributed by atoms with Crippen LogP contribution in [0.3, 0.4) is 0 Å². The Bertz CT molecular complexity index is 172. The summed E-state index contributed by atoms with van der Waals surface area (Å²) in [7, 11) is 5.33. The summed E-state index contributed by atoms with van der Waals surface area (Å²) in [5.74, 6) is 0. The highest BCUT2D eigenvalue weighted by atomic mass is 35.5. The molecule has 1 heterocycles. The Labute approximate surface area is 54.1 Å². The van der Waals surface area contributed by atoms with E-state index < -0.39 is 0 Å². The average Bonchev–Trinajstić information content (AvgIpc) is 1.64. The van der Waals surface area contributed by atoms with Gasteiger partial charge in [-0.05, 0) is 6.07 Å². The molecule has 1 aromatic rings. The Morgan fingerprint density at radius 1 is 1.62 bits per heavy atom. The Morgan fingerprint density at radius 3 is 2.75 bits per heavy atom. The van der Waals surface area contributed by atoms with Crippen molar-refractivity contribution in [3.05, 3.63) is 23.5 Å². The smallest absolute Gasteiger partial charge is 0.128 e. The molecule has 0 fully saturated rings. The molecule has 3 heteroatoms. The highest BCUT2D eigenvalue weighted by Crippen LogP contribution is 1.96. The van der Waals surface area contributed by atoms with Crippen molar-refractivity contribution >= 4 is 24.9 Å². The van der Waals surface area contributed by atoms with Gasteiger partial charge in [0, 0.05) is 6.20 Å². The van der Waals surface area contributed by atoms with Crippen LogP contribution in [-0.2, 0) is 0 Å². The van der Waals surface area contributed by atoms with Gasteiger partial charge in [-0.25, -0.2) is 4.98 Å². The minimum absolute atomic E-state index is 0.435. The van der Waals surface area contributed by atoms with Crippen LogP contribution in [0.5, 0.6) is 0 Å². The summed E-state index contributed by atoms with van der Waals surface area (Å²) in [6.07, 6.45) is 1.57. The number of hydrogen-bond acceptors (Lipinski definition) is 1.